The molecule has 1 aliphatic heterocycles. The van der Waals surface area contributed by atoms with Crippen LogP contribution in [-0.2, 0) is 16.8 Å². The summed E-state index contributed by atoms with van der Waals surface area (Å²) < 4.78 is 16.3. The molecule has 0 unspecified atom stereocenters. The number of hydrogen-bond acceptors (Lipinski definition) is 5. The molecule has 1 amide bonds. The van der Waals surface area contributed by atoms with E-state index in [0.29, 0.717) is 34.5 Å². The van der Waals surface area contributed by atoms with Gasteiger partial charge in [-0.2, -0.15) is 0 Å². The van der Waals surface area contributed by atoms with Crippen LogP contribution >= 0.6 is 11.6 Å². The smallest absolute Gasteiger partial charge is 0.232 e. The molecule has 0 bridgehead atoms. The van der Waals surface area contributed by atoms with Gasteiger partial charge >= 0.3 is 0 Å². The second-order valence-electron chi connectivity index (χ2n) is 7.00. The molecule has 1 fully saturated rings. The van der Waals surface area contributed by atoms with Gasteiger partial charge in [0.1, 0.15) is 0 Å². The SMILES string of the molecule is O=C(NCc1ccccc1Cl)C1(c2cc(-c3ccc4c(c3)OCO4)on2)CC1. The lowest BCUT2D eigenvalue weighted by atomic mass is 10.00. The van der Waals surface area contributed by atoms with Gasteiger partial charge in [-0.3, -0.25) is 4.79 Å². The minimum Gasteiger partial charge on any atom is -0.454 e. The highest BCUT2D eigenvalue weighted by Crippen LogP contribution is 2.49. The van der Waals surface area contributed by atoms with Gasteiger partial charge in [0.25, 0.3) is 0 Å². The number of hydrogen-bond donors (Lipinski definition) is 1. The van der Waals surface area contributed by atoms with Crippen LogP contribution in [0.1, 0.15) is 24.1 Å². The molecule has 1 N–H and O–H groups in total. The van der Waals surface area contributed by atoms with Crippen molar-refractivity contribution >= 4 is 17.5 Å². The second kappa shape index (κ2) is 6.56. The first-order chi connectivity index (χ1) is 13.7. The summed E-state index contributed by atoms with van der Waals surface area (Å²) in [6, 6.07) is 14.9. The highest BCUT2D eigenvalue weighted by atomic mass is 35.5. The molecule has 3 aromatic rings. The third kappa shape index (κ3) is 2.90. The molecule has 142 valence electrons. The molecule has 2 aliphatic rings. The molecule has 7 heteroatoms. The fourth-order valence-electron chi connectivity index (χ4n) is 3.40. The number of rotatable bonds is 5. The first kappa shape index (κ1) is 17.1. The second-order valence-corrected chi connectivity index (χ2v) is 7.41. The van der Waals surface area contributed by atoms with Crippen LogP contribution in [0.3, 0.4) is 0 Å². The Hall–Kier alpha value is -2.99. The predicted molar refractivity (Wildman–Crippen MR) is 102 cm³/mol. The van der Waals surface area contributed by atoms with Crippen LogP contribution in [0.4, 0.5) is 0 Å². The zero-order chi connectivity index (χ0) is 19.1. The van der Waals surface area contributed by atoms with Crippen LogP contribution in [0.25, 0.3) is 11.3 Å². The summed E-state index contributed by atoms with van der Waals surface area (Å²) in [6.45, 7) is 0.599. The molecule has 1 saturated carbocycles. The highest BCUT2D eigenvalue weighted by molar-refractivity contribution is 6.31. The molecule has 2 aromatic carbocycles. The lowest BCUT2D eigenvalue weighted by molar-refractivity contribution is -0.123. The van der Waals surface area contributed by atoms with Crippen LogP contribution in [-0.4, -0.2) is 17.9 Å². The number of aromatic nitrogens is 1. The number of carbonyl (C=O) groups is 1. The number of nitrogens with one attached hydrogen (secondary N) is 1. The standard InChI is InChI=1S/C21H17ClN2O4/c22-15-4-2-1-3-14(15)11-23-20(25)21(7-8-21)19-10-17(28-24-19)13-5-6-16-18(9-13)27-12-26-16/h1-6,9-10H,7-8,11-12H2,(H,23,25). The summed E-state index contributed by atoms with van der Waals surface area (Å²) >= 11 is 6.17. The Bertz CT molecular complexity index is 1060. The van der Waals surface area contributed by atoms with Gasteiger partial charge in [-0.15, -0.1) is 0 Å². The van der Waals surface area contributed by atoms with Crippen molar-refractivity contribution < 1.29 is 18.8 Å². The van der Waals surface area contributed by atoms with Gasteiger partial charge < -0.3 is 19.3 Å². The maximum atomic E-state index is 12.8. The number of carbonyl (C=O) groups excluding carboxylic acids is 1. The van der Waals surface area contributed by atoms with Gasteiger partial charge in [0.2, 0.25) is 12.7 Å². The molecule has 0 atom stereocenters. The maximum absolute atomic E-state index is 12.8. The normalized spacial score (nSPS) is 16.0. The molecule has 2 heterocycles. The fraction of sp³-hybridized carbons (Fsp3) is 0.238. The number of amides is 1. The van der Waals surface area contributed by atoms with E-state index >= 15 is 0 Å². The van der Waals surface area contributed by atoms with E-state index in [2.05, 4.69) is 10.5 Å². The van der Waals surface area contributed by atoms with E-state index in [-0.39, 0.29) is 12.7 Å². The Morgan fingerprint density at radius 1 is 1.11 bits per heavy atom. The number of ether oxygens (including phenoxy) is 2. The average molecular weight is 397 g/mol. The van der Waals surface area contributed by atoms with Crippen LogP contribution in [0.5, 0.6) is 11.5 Å². The first-order valence-corrected chi connectivity index (χ1v) is 9.42. The van der Waals surface area contributed by atoms with Crippen LogP contribution in [0.2, 0.25) is 5.02 Å². The van der Waals surface area contributed by atoms with Crippen LogP contribution in [0, 0.1) is 0 Å². The molecular weight excluding hydrogens is 380 g/mol. The molecule has 0 saturated heterocycles. The number of fused-ring (bicyclic) bond motifs is 1. The van der Waals surface area contributed by atoms with Gasteiger partial charge in [-0.25, -0.2) is 0 Å². The van der Waals surface area contributed by atoms with Crippen molar-refractivity contribution in [3.8, 4) is 22.8 Å². The fourth-order valence-corrected chi connectivity index (χ4v) is 3.60. The van der Waals surface area contributed by atoms with Crippen molar-refractivity contribution in [1.82, 2.24) is 10.5 Å². The van der Waals surface area contributed by atoms with Crippen molar-refractivity contribution in [2.75, 3.05) is 6.79 Å². The number of benzene rings is 2. The maximum Gasteiger partial charge on any atom is 0.232 e. The summed E-state index contributed by atoms with van der Waals surface area (Å²) in [6.07, 6.45) is 1.49. The van der Waals surface area contributed by atoms with E-state index in [4.69, 9.17) is 25.6 Å². The number of halogens is 1. The molecule has 0 spiro atoms. The van der Waals surface area contributed by atoms with Crippen LogP contribution in [0.15, 0.2) is 53.1 Å². The van der Waals surface area contributed by atoms with Gasteiger partial charge in [0.15, 0.2) is 17.3 Å². The lowest BCUT2D eigenvalue weighted by Crippen LogP contribution is -2.34. The van der Waals surface area contributed by atoms with Crippen molar-refractivity contribution in [2.45, 2.75) is 24.8 Å². The van der Waals surface area contributed by atoms with E-state index in [9.17, 15) is 4.79 Å². The lowest BCUT2D eigenvalue weighted by Gasteiger charge is -2.13. The third-order valence-corrected chi connectivity index (χ3v) is 5.61. The van der Waals surface area contributed by atoms with Gasteiger partial charge in [-0.1, -0.05) is 35.0 Å². The predicted octanol–water partition coefficient (Wildman–Crippen LogP) is 4.07. The Morgan fingerprint density at radius 3 is 2.75 bits per heavy atom. The van der Waals surface area contributed by atoms with Crippen molar-refractivity contribution in [2.24, 2.45) is 0 Å². The molecule has 0 radical (unpaired) electrons. The van der Waals surface area contributed by atoms with Gasteiger partial charge in [0.05, 0.1) is 11.1 Å². The zero-order valence-corrected chi connectivity index (χ0v) is 15.7. The van der Waals surface area contributed by atoms with Gasteiger partial charge in [-0.05, 0) is 42.7 Å². The number of nitrogens with zero attached hydrogens (tertiary/aromatic N) is 1. The zero-order valence-electron chi connectivity index (χ0n) is 14.9. The molecule has 1 aromatic heterocycles. The summed E-state index contributed by atoms with van der Waals surface area (Å²) in [5.41, 5.74) is 1.74. The Kier molecular flexibility index (Phi) is 4.02. The average Bonchev–Trinajstić information content (AvgIpc) is 3.15. The van der Waals surface area contributed by atoms with Crippen molar-refractivity contribution in [3.63, 3.8) is 0 Å². The third-order valence-electron chi connectivity index (χ3n) is 5.24. The van der Waals surface area contributed by atoms with E-state index in [0.717, 1.165) is 24.0 Å². The molecule has 1 aliphatic carbocycles. The molecule has 28 heavy (non-hydrogen) atoms. The van der Waals surface area contributed by atoms with E-state index in [1.54, 1.807) is 0 Å². The van der Waals surface area contributed by atoms with Crippen LogP contribution < -0.4 is 14.8 Å². The summed E-state index contributed by atoms with van der Waals surface area (Å²) in [5, 5.41) is 7.80. The Morgan fingerprint density at radius 2 is 1.93 bits per heavy atom. The minimum atomic E-state index is -0.626. The van der Waals surface area contributed by atoms with E-state index < -0.39 is 5.41 Å². The topological polar surface area (TPSA) is 73.6 Å². The highest BCUT2D eigenvalue weighted by Gasteiger charge is 2.53. The molecule has 6 nitrogen and oxygen atoms in total. The Labute approximate surface area is 166 Å². The van der Waals surface area contributed by atoms with E-state index in [1.807, 2.05) is 48.5 Å². The van der Waals surface area contributed by atoms with E-state index in [1.165, 1.54) is 0 Å². The molecule has 5 rings (SSSR count). The summed E-state index contributed by atoms with van der Waals surface area (Å²) in [7, 11) is 0. The van der Waals surface area contributed by atoms with Gasteiger partial charge in [0, 0.05) is 23.2 Å². The quantitative estimate of drug-likeness (QED) is 0.703. The van der Waals surface area contributed by atoms with Crippen molar-refractivity contribution in [1.29, 1.82) is 0 Å². The summed E-state index contributed by atoms with van der Waals surface area (Å²) in [4.78, 5) is 12.8. The molecular formula is C21H17ClN2O4. The monoisotopic (exact) mass is 396 g/mol. The Balaban J connectivity index is 1.33. The summed E-state index contributed by atoms with van der Waals surface area (Å²) in [5.74, 6) is 1.92. The largest absolute Gasteiger partial charge is 0.454 e. The minimum absolute atomic E-state index is 0.0574. The first-order valence-electron chi connectivity index (χ1n) is 9.05. The van der Waals surface area contributed by atoms with Crippen molar-refractivity contribution in [3.05, 3.63) is 64.8 Å².